The van der Waals surface area contributed by atoms with E-state index in [4.69, 9.17) is 13.9 Å². The smallest absolute Gasteiger partial charge is 0.326 e. The number of rotatable bonds is 7. The first kappa shape index (κ1) is 18.3. The number of carbonyl (C=O) groups is 2. The Morgan fingerprint density at radius 3 is 2.59 bits per heavy atom. The number of para-hydroxylation sites is 1. The van der Waals surface area contributed by atoms with Crippen LogP contribution in [-0.4, -0.2) is 37.2 Å². The molecule has 7 nitrogen and oxygen atoms in total. The Hall–Kier alpha value is -3.48. The van der Waals surface area contributed by atoms with Gasteiger partial charge in [0.05, 0.1) is 14.2 Å². The van der Waals surface area contributed by atoms with Crippen molar-refractivity contribution in [3.63, 3.8) is 0 Å². The van der Waals surface area contributed by atoms with Gasteiger partial charge in [-0.1, -0.05) is 18.2 Å². The van der Waals surface area contributed by atoms with E-state index in [-0.39, 0.29) is 12.2 Å². The van der Waals surface area contributed by atoms with Gasteiger partial charge in [0, 0.05) is 11.8 Å². The van der Waals surface area contributed by atoms with Gasteiger partial charge in [-0.05, 0) is 35.9 Å². The molecule has 7 heteroatoms. The van der Waals surface area contributed by atoms with Crippen molar-refractivity contribution in [2.45, 2.75) is 12.5 Å². The zero-order chi connectivity index (χ0) is 19.4. The zero-order valence-corrected chi connectivity index (χ0v) is 14.9. The van der Waals surface area contributed by atoms with E-state index in [1.54, 1.807) is 55.6 Å². The minimum Gasteiger partial charge on any atom is -0.497 e. The summed E-state index contributed by atoms with van der Waals surface area (Å²) in [5.74, 6) is -0.521. The molecular weight excluding hydrogens is 350 g/mol. The summed E-state index contributed by atoms with van der Waals surface area (Å²) in [6.07, 6.45) is 0.0825. The number of nitrogens with one attached hydrogen (secondary N) is 1. The van der Waals surface area contributed by atoms with Gasteiger partial charge >= 0.3 is 5.97 Å². The fourth-order valence-corrected chi connectivity index (χ4v) is 2.78. The molecule has 0 saturated carbocycles. The van der Waals surface area contributed by atoms with E-state index in [1.807, 2.05) is 0 Å². The van der Waals surface area contributed by atoms with E-state index in [0.717, 1.165) is 0 Å². The van der Waals surface area contributed by atoms with Gasteiger partial charge in [0.2, 0.25) is 0 Å². The van der Waals surface area contributed by atoms with E-state index >= 15 is 0 Å². The molecular formula is C20H19NO6. The Balaban J connectivity index is 1.80. The SMILES string of the molecule is COc1ccc2oc(C(=O)NC(Cc3ccccc3OC)C(=O)O)cc2c1. The molecule has 0 radical (unpaired) electrons. The number of hydrogen-bond donors (Lipinski definition) is 2. The molecule has 1 heterocycles. The van der Waals surface area contributed by atoms with Gasteiger partial charge in [0.25, 0.3) is 5.91 Å². The second kappa shape index (κ2) is 7.82. The molecule has 0 aliphatic heterocycles. The third kappa shape index (κ3) is 4.03. The van der Waals surface area contributed by atoms with Crippen LogP contribution in [0.5, 0.6) is 11.5 Å². The van der Waals surface area contributed by atoms with Crippen LogP contribution < -0.4 is 14.8 Å². The molecule has 1 aromatic heterocycles. The van der Waals surface area contributed by atoms with E-state index in [0.29, 0.717) is 28.0 Å². The van der Waals surface area contributed by atoms with Crippen molar-refractivity contribution in [2.75, 3.05) is 14.2 Å². The number of amides is 1. The van der Waals surface area contributed by atoms with Gasteiger partial charge < -0.3 is 24.3 Å². The molecule has 1 atom stereocenters. The topological polar surface area (TPSA) is 98.0 Å². The normalized spacial score (nSPS) is 11.8. The number of carbonyl (C=O) groups excluding carboxylic acids is 1. The van der Waals surface area contributed by atoms with Gasteiger partial charge in [-0.2, -0.15) is 0 Å². The highest BCUT2D eigenvalue weighted by molar-refractivity contribution is 5.98. The molecule has 3 rings (SSSR count). The van der Waals surface area contributed by atoms with Crippen molar-refractivity contribution in [2.24, 2.45) is 0 Å². The van der Waals surface area contributed by atoms with E-state index in [2.05, 4.69) is 5.32 Å². The standard InChI is InChI=1S/C20H19NO6/c1-25-14-7-8-17-13(9-14)11-18(27-17)19(22)21-15(20(23)24)10-12-5-3-4-6-16(12)26-2/h3-9,11,15H,10H2,1-2H3,(H,21,22)(H,23,24). The lowest BCUT2D eigenvalue weighted by Crippen LogP contribution is -2.42. The number of carboxylic acids is 1. The van der Waals surface area contributed by atoms with Crippen LogP contribution in [0.3, 0.4) is 0 Å². The predicted molar refractivity (Wildman–Crippen MR) is 98.4 cm³/mol. The number of methoxy groups -OCH3 is 2. The Labute approximate surface area is 155 Å². The van der Waals surface area contributed by atoms with E-state index in [1.165, 1.54) is 7.11 Å². The lowest BCUT2D eigenvalue weighted by atomic mass is 10.0. The fraction of sp³-hybridized carbons (Fsp3) is 0.200. The molecule has 0 aliphatic carbocycles. The van der Waals surface area contributed by atoms with Crippen LogP contribution in [-0.2, 0) is 11.2 Å². The molecule has 140 valence electrons. The average Bonchev–Trinajstić information content (AvgIpc) is 3.11. The molecule has 0 spiro atoms. The summed E-state index contributed by atoms with van der Waals surface area (Å²) in [6.45, 7) is 0. The lowest BCUT2D eigenvalue weighted by Gasteiger charge is -2.15. The maximum absolute atomic E-state index is 12.5. The highest BCUT2D eigenvalue weighted by Gasteiger charge is 2.24. The van der Waals surface area contributed by atoms with Crippen LogP contribution in [0.4, 0.5) is 0 Å². The molecule has 2 aromatic carbocycles. The van der Waals surface area contributed by atoms with Crippen molar-refractivity contribution < 1.29 is 28.6 Å². The number of ether oxygens (including phenoxy) is 2. The van der Waals surface area contributed by atoms with Crippen LogP contribution in [0.15, 0.2) is 52.9 Å². The second-order valence-electron chi connectivity index (χ2n) is 5.89. The first-order chi connectivity index (χ1) is 13.0. The third-order valence-corrected chi connectivity index (χ3v) is 4.17. The van der Waals surface area contributed by atoms with Crippen LogP contribution in [0, 0.1) is 0 Å². The maximum Gasteiger partial charge on any atom is 0.326 e. The Bertz CT molecular complexity index is 978. The predicted octanol–water partition coefficient (Wildman–Crippen LogP) is 2.88. The van der Waals surface area contributed by atoms with Crippen LogP contribution in [0.2, 0.25) is 0 Å². The molecule has 1 amide bonds. The van der Waals surface area contributed by atoms with Crippen LogP contribution >= 0.6 is 0 Å². The highest BCUT2D eigenvalue weighted by Crippen LogP contribution is 2.24. The van der Waals surface area contributed by atoms with Gasteiger partial charge in [0.15, 0.2) is 5.76 Å². The number of furan rings is 1. The number of hydrogen-bond acceptors (Lipinski definition) is 5. The lowest BCUT2D eigenvalue weighted by molar-refractivity contribution is -0.139. The van der Waals surface area contributed by atoms with Crippen molar-refractivity contribution in [1.82, 2.24) is 5.32 Å². The van der Waals surface area contributed by atoms with Gasteiger partial charge in [0.1, 0.15) is 23.1 Å². The van der Waals surface area contributed by atoms with Gasteiger partial charge in [-0.3, -0.25) is 4.79 Å². The summed E-state index contributed by atoms with van der Waals surface area (Å²) >= 11 is 0. The molecule has 0 aliphatic rings. The molecule has 0 saturated heterocycles. The average molecular weight is 369 g/mol. The number of carboxylic acid groups (broad SMARTS) is 1. The van der Waals surface area contributed by atoms with Crippen LogP contribution in [0.25, 0.3) is 11.0 Å². The number of aliphatic carboxylic acids is 1. The van der Waals surface area contributed by atoms with Crippen molar-refractivity contribution >= 4 is 22.8 Å². The number of benzene rings is 2. The molecule has 2 N–H and O–H groups in total. The van der Waals surface area contributed by atoms with Crippen molar-refractivity contribution in [3.8, 4) is 11.5 Å². The first-order valence-electron chi connectivity index (χ1n) is 8.25. The monoisotopic (exact) mass is 369 g/mol. The van der Waals surface area contributed by atoms with Crippen molar-refractivity contribution in [3.05, 3.63) is 59.9 Å². The zero-order valence-electron chi connectivity index (χ0n) is 14.9. The molecule has 0 fully saturated rings. The Morgan fingerprint density at radius 2 is 1.89 bits per heavy atom. The summed E-state index contributed by atoms with van der Waals surface area (Å²) in [5, 5.41) is 12.7. The highest BCUT2D eigenvalue weighted by atomic mass is 16.5. The Morgan fingerprint density at radius 1 is 1.11 bits per heavy atom. The second-order valence-corrected chi connectivity index (χ2v) is 5.89. The van der Waals surface area contributed by atoms with Crippen LogP contribution in [0.1, 0.15) is 16.1 Å². The third-order valence-electron chi connectivity index (χ3n) is 4.17. The quantitative estimate of drug-likeness (QED) is 0.665. The largest absolute Gasteiger partial charge is 0.497 e. The van der Waals surface area contributed by atoms with E-state index < -0.39 is 17.9 Å². The number of fused-ring (bicyclic) bond motifs is 1. The Kier molecular flexibility index (Phi) is 5.30. The summed E-state index contributed by atoms with van der Waals surface area (Å²) in [6, 6.07) is 12.6. The fourth-order valence-electron chi connectivity index (χ4n) is 2.78. The summed E-state index contributed by atoms with van der Waals surface area (Å²) in [7, 11) is 3.06. The molecule has 1 unspecified atom stereocenters. The van der Waals surface area contributed by atoms with Gasteiger partial charge in [-0.15, -0.1) is 0 Å². The summed E-state index contributed by atoms with van der Waals surface area (Å²) < 4.78 is 15.9. The molecule has 27 heavy (non-hydrogen) atoms. The molecule has 3 aromatic rings. The van der Waals surface area contributed by atoms with Gasteiger partial charge in [-0.25, -0.2) is 4.79 Å². The minimum absolute atomic E-state index is 0.0320. The summed E-state index contributed by atoms with van der Waals surface area (Å²) in [5.41, 5.74) is 1.19. The van der Waals surface area contributed by atoms with Crippen molar-refractivity contribution in [1.29, 1.82) is 0 Å². The minimum atomic E-state index is -1.15. The summed E-state index contributed by atoms with van der Waals surface area (Å²) in [4.78, 5) is 24.1. The molecule has 0 bridgehead atoms. The maximum atomic E-state index is 12.5. The van der Waals surface area contributed by atoms with E-state index in [9.17, 15) is 14.7 Å². The first-order valence-corrected chi connectivity index (χ1v) is 8.25.